The van der Waals surface area contributed by atoms with E-state index in [1.807, 2.05) is 18.2 Å². The molecule has 1 aliphatic rings. The number of amides is 1. The molecule has 4 rings (SSSR count). The number of nitrogens with one attached hydrogen (secondary N) is 2. The van der Waals surface area contributed by atoms with Gasteiger partial charge in [0, 0.05) is 26.2 Å². The highest BCUT2D eigenvalue weighted by Crippen LogP contribution is 2.31. The molecular formula is C23H25F3N4O2. The number of hydrogen-bond acceptors (Lipinski definition) is 4. The molecule has 6 nitrogen and oxygen atoms in total. The molecule has 0 radical (unpaired) electrons. The first kappa shape index (κ1) is 22.1. The van der Waals surface area contributed by atoms with Crippen LogP contribution in [-0.2, 0) is 12.6 Å². The molecule has 1 saturated heterocycles. The van der Waals surface area contributed by atoms with Crippen LogP contribution in [0, 0.1) is 0 Å². The Bertz CT molecular complexity index is 1070. The van der Waals surface area contributed by atoms with E-state index in [1.54, 1.807) is 4.90 Å². The van der Waals surface area contributed by atoms with E-state index in [0.717, 1.165) is 54.7 Å². The van der Waals surface area contributed by atoms with Crippen LogP contribution >= 0.6 is 0 Å². The molecule has 1 amide bonds. The Kier molecular flexibility index (Phi) is 6.64. The molecule has 1 fully saturated rings. The van der Waals surface area contributed by atoms with E-state index in [1.165, 1.54) is 12.1 Å². The van der Waals surface area contributed by atoms with E-state index >= 15 is 0 Å². The lowest BCUT2D eigenvalue weighted by Crippen LogP contribution is -2.46. The first-order chi connectivity index (χ1) is 15.4. The van der Waals surface area contributed by atoms with Crippen molar-refractivity contribution in [2.75, 3.05) is 32.8 Å². The van der Waals surface area contributed by atoms with Crippen molar-refractivity contribution in [3.63, 3.8) is 0 Å². The Morgan fingerprint density at radius 3 is 2.69 bits per heavy atom. The average molecular weight is 446 g/mol. The number of fused-ring (bicyclic) bond motifs is 1. The molecule has 1 aliphatic heterocycles. The third-order valence-corrected chi connectivity index (χ3v) is 5.44. The summed E-state index contributed by atoms with van der Waals surface area (Å²) in [7, 11) is 0. The molecule has 2 N–H and O–H groups in total. The molecule has 0 aliphatic carbocycles. The Morgan fingerprint density at radius 1 is 1.09 bits per heavy atom. The molecule has 0 saturated carbocycles. The fourth-order valence-corrected chi connectivity index (χ4v) is 3.71. The van der Waals surface area contributed by atoms with Gasteiger partial charge in [0.2, 0.25) is 0 Å². The van der Waals surface area contributed by atoms with Crippen molar-refractivity contribution in [1.82, 2.24) is 20.2 Å². The molecule has 32 heavy (non-hydrogen) atoms. The molecular weight excluding hydrogens is 421 g/mol. The Balaban J connectivity index is 1.28. The minimum absolute atomic E-state index is 0.0870. The van der Waals surface area contributed by atoms with Gasteiger partial charge in [-0.3, -0.25) is 4.79 Å². The van der Waals surface area contributed by atoms with Crippen LogP contribution in [0.1, 0.15) is 34.6 Å². The number of nitrogens with zero attached hydrogens (tertiary/aromatic N) is 2. The zero-order chi connectivity index (χ0) is 22.6. The summed E-state index contributed by atoms with van der Waals surface area (Å²) in [5.41, 5.74) is 1.96. The van der Waals surface area contributed by atoms with Crippen LogP contribution in [0.2, 0.25) is 0 Å². The van der Waals surface area contributed by atoms with Crippen molar-refractivity contribution in [2.24, 2.45) is 0 Å². The number of imidazole rings is 1. The standard InChI is InChI=1S/C23H25F3N4O2/c24-23(25,26)17-5-3-6-18(15-17)32-13-2-1-4-16-7-8-19-20(14-16)29-21(28-19)22(31)30-11-9-27-10-12-30/h3,5-8,14-15,27H,1-2,4,9-13H2,(H,28,29). The summed E-state index contributed by atoms with van der Waals surface area (Å²) in [6, 6.07) is 10.8. The van der Waals surface area contributed by atoms with E-state index in [9.17, 15) is 18.0 Å². The summed E-state index contributed by atoms with van der Waals surface area (Å²) >= 11 is 0. The van der Waals surface area contributed by atoms with Crippen LogP contribution in [-0.4, -0.2) is 53.6 Å². The third kappa shape index (κ3) is 5.40. The summed E-state index contributed by atoms with van der Waals surface area (Å²) in [6.07, 6.45) is -2.04. The van der Waals surface area contributed by atoms with Crippen LogP contribution in [0.4, 0.5) is 13.2 Å². The van der Waals surface area contributed by atoms with Crippen molar-refractivity contribution in [3.05, 3.63) is 59.4 Å². The highest BCUT2D eigenvalue weighted by molar-refractivity contribution is 5.94. The van der Waals surface area contributed by atoms with Crippen LogP contribution in [0.5, 0.6) is 5.75 Å². The first-order valence-electron chi connectivity index (χ1n) is 10.7. The minimum Gasteiger partial charge on any atom is -0.494 e. The lowest BCUT2D eigenvalue weighted by Gasteiger charge is -2.26. The number of halogens is 3. The molecule has 0 unspecified atom stereocenters. The van der Waals surface area contributed by atoms with Crippen molar-refractivity contribution < 1.29 is 22.7 Å². The normalized spacial score (nSPS) is 14.7. The number of unbranched alkanes of at least 4 members (excludes halogenated alkanes) is 1. The summed E-state index contributed by atoms with van der Waals surface area (Å²) in [5.74, 6) is 0.491. The molecule has 2 aromatic carbocycles. The van der Waals surface area contributed by atoms with E-state index in [4.69, 9.17) is 4.74 Å². The van der Waals surface area contributed by atoms with E-state index in [2.05, 4.69) is 15.3 Å². The fraction of sp³-hybridized carbons (Fsp3) is 0.391. The smallest absolute Gasteiger partial charge is 0.416 e. The van der Waals surface area contributed by atoms with Gasteiger partial charge in [0.1, 0.15) is 5.75 Å². The topological polar surface area (TPSA) is 70.2 Å². The summed E-state index contributed by atoms with van der Waals surface area (Å²) in [5, 5.41) is 3.22. The second kappa shape index (κ2) is 9.60. The zero-order valence-corrected chi connectivity index (χ0v) is 17.5. The summed E-state index contributed by atoms with van der Waals surface area (Å²) in [4.78, 5) is 22.0. The predicted molar refractivity (Wildman–Crippen MR) is 115 cm³/mol. The Labute approximate surface area is 183 Å². The number of piperazine rings is 1. The minimum atomic E-state index is -4.37. The number of rotatable bonds is 7. The number of hydrogen-bond donors (Lipinski definition) is 2. The van der Waals surface area contributed by atoms with Crippen molar-refractivity contribution in [1.29, 1.82) is 0 Å². The maximum atomic E-state index is 12.8. The number of aryl methyl sites for hydroxylation is 1. The molecule has 170 valence electrons. The molecule has 0 spiro atoms. The van der Waals surface area contributed by atoms with Crippen molar-refractivity contribution in [2.45, 2.75) is 25.4 Å². The van der Waals surface area contributed by atoms with Gasteiger partial charge in [-0.05, 0) is 55.2 Å². The van der Waals surface area contributed by atoms with Gasteiger partial charge in [0.25, 0.3) is 5.91 Å². The van der Waals surface area contributed by atoms with Crippen LogP contribution in [0.25, 0.3) is 11.0 Å². The van der Waals surface area contributed by atoms with Gasteiger partial charge < -0.3 is 19.9 Å². The summed E-state index contributed by atoms with van der Waals surface area (Å²) in [6.45, 7) is 3.26. The zero-order valence-electron chi connectivity index (χ0n) is 17.5. The summed E-state index contributed by atoms with van der Waals surface area (Å²) < 4.78 is 43.8. The number of carbonyl (C=O) groups excluding carboxylic acids is 1. The Morgan fingerprint density at radius 2 is 1.91 bits per heavy atom. The molecule has 2 heterocycles. The van der Waals surface area contributed by atoms with Gasteiger partial charge in [0.15, 0.2) is 5.82 Å². The van der Waals surface area contributed by atoms with Gasteiger partial charge in [-0.25, -0.2) is 4.98 Å². The predicted octanol–water partition coefficient (Wildman–Crippen LogP) is 4.03. The quantitative estimate of drug-likeness (QED) is 0.538. The number of aromatic nitrogens is 2. The third-order valence-electron chi connectivity index (χ3n) is 5.44. The monoisotopic (exact) mass is 446 g/mol. The highest BCUT2D eigenvalue weighted by Gasteiger charge is 2.30. The van der Waals surface area contributed by atoms with Crippen LogP contribution in [0.15, 0.2) is 42.5 Å². The van der Waals surface area contributed by atoms with Crippen molar-refractivity contribution in [3.8, 4) is 5.75 Å². The molecule has 0 atom stereocenters. The fourth-order valence-electron chi connectivity index (χ4n) is 3.71. The number of carbonyl (C=O) groups is 1. The van der Waals surface area contributed by atoms with Gasteiger partial charge in [0.05, 0.1) is 23.2 Å². The van der Waals surface area contributed by atoms with Gasteiger partial charge in [-0.15, -0.1) is 0 Å². The van der Waals surface area contributed by atoms with E-state index in [0.29, 0.717) is 31.9 Å². The maximum Gasteiger partial charge on any atom is 0.416 e. The second-order valence-electron chi connectivity index (χ2n) is 7.81. The molecule has 3 aromatic rings. The van der Waals surface area contributed by atoms with E-state index < -0.39 is 11.7 Å². The molecule has 0 bridgehead atoms. The maximum absolute atomic E-state index is 12.8. The SMILES string of the molecule is O=C(c1nc2ccc(CCCCOc3cccc(C(F)(F)F)c3)cc2[nH]1)N1CCNCC1. The lowest BCUT2D eigenvalue weighted by molar-refractivity contribution is -0.137. The first-order valence-corrected chi connectivity index (χ1v) is 10.7. The van der Waals surface area contributed by atoms with Crippen molar-refractivity contribution >= 4 is 16.9 Å². The Hall–Kier alpha value is -3.07. The van der Waals surface area contributed by atoms with E-state index in [-0.39, 0.29) is 11.7 Å². The number of ether oxygens (including phenoxy) is 1. The van der Waals surface area contributed by atoms with Gasteiger partial charge in [-0.2, -0.15) is 13.2 Å². The largest absolute Gasteiger partial charge is 0.494 e. The number of benzene rings is 2. The number of aromatic amines is 1. The van der Waals surface area contributed by atoms with Crippen LogP contribution < -0.4 is 10.1 Å². The van der Waals surface area contributed by atoms with Gasteiger partial charge in [-0.1, -0.05) is 12.1 Å². The number of H-pyrrole nitrogens is 1. The van der Waals surface area contributed by atoms with Gasteiger partial charge >= 0.3 is 6.18 Å². The second-order valence-corrected chi connectivity index (χ2v) is 7.81. The lowest BCUT2D eigenvalue weighted by atomic mass is 10.1. The highest BCUT2D eigenvalue weighted by atomic mass is 19.4. The average Bonchev–Trinajstić information content (AvgIpc) is 3.22. The molecule has 1 aromatic heterocycles. The molecule has 9 heteroatoms. The number of alkyl halides is 3. The van der Waals surface area contributed by atoms with Crippen LogP contribution in [0.3, 0.4) is 0 Å².